The molecule has 0 unspecified atom stereocenters. The minimum Gasteiger partial charge on any atom is -0.340 e. The Hall–Kier alpha value is -1.00. The molecule has 0 aliphatic heterocycles. The van der Waals surface area contributed by atoms with Crippen LogP contribution in [-0.4, -0.2) is 30.2 Å². The summed E-state index contributed by atoms with van der Waals surface area (Å²) < 4.78 is 0. The molecule has 106 valence electrons. The molecule has 0 aromatic heterocycles. The van der Waals surface area contributed by atoms with Gasteiger partial charge in [-0.05, 0) is 29.4 Å². The Bertz CT molecular complexity index is 423. The molecule has 4 heteroatoms. The van der Waals surface area contributed by atoms with Crippen molar-refractivity contribution in [3.8, 4) is 0 Å². The standard InChI is InChI=1S/C15H24N2OS/c1-15(2,3)13(16)14(18)17(4)10-11-6-8-12(19-5)9-7-11/h6-9,13H,10,16H2,1-5H3/t13-/m0/s1. The topological polar surface area (TPSA) is 46.3 Å². The Morgan fingerprint density at radius 2 is 1.84 bits per heavy atom. The number of nitrogens with two attached hydrogens (primary N) is 1. The smallest absolute Gasteiger partial charge is 0.240 e. The van der Waals surface area contributed by atoms with Gasteiger partial charge in [0.1, 0.15) is 0 Å². The van der Waals surface area contributed by atoms with Gasteiger partial charge in [0.05, 0.1) is 6.04 Å². The van der Waals surface area contributed by atoms with E-state index in [2.05, 4.69) is 24.3 Å². The third-order valence-electron chi connectivity index (χ3n) is 3.15. The van der Waals surface area contributed by atoms with Crippen molar-refractivity contribution in [2.75, 3.05) is 13.3 Å². The van der Waals surface area contributed by atoms with Gasteiger partial charge in [-0.3, -0.25) is 4.79 Å². The number of nitrogens with zero attached hydrogens (tertiary/aromatic N) is 1. The second kappa shape index (κ2) is 6.44. The Kier molecular flexibility index (Phi) is 5.44. The van der Waals surface area contributed by atoms with Crippen LogP contribution in [0.5, 0.6) is 0 Å². The zero-order valence-corrected chi connectivity index (χ0v) is 13.3. The van der Waals surface area contributed by atoms with Gasteiger partial charge in [-0.2, -0.15) is 0 Å². The first-order chi connectivity index (χ1) is 8.75. The molecule has 0 saturated carbocycles. The van der Waals surface area contributed by atoms with E-state index in [1.807, 2.05) is 27.0 Å². The van der Waals surface area contributed by atoms with Gasteiger partial charge in [-0.25, -0.2) is 0 Å². The third kappa shape index (κ3) is 4.55. The molecule has 19 heavy (non-hydrogen) atoms. The average molecular weight is 280 g/mol. The van der Waals surface area contributed by atoms with Crippen LogP contribution in [0.2, 0.25) is 0 Å². The van der Waals surface area contributed by atoms with Crippen molar-refractivity contribution < 1.29 is 4.79 Å². The molecule has 1 amide bonds. The number of carbonyl (C=O) groups is 1. The van der Waals surface area contributed by atoms with Gasteiger partial charge in [0.25, 0.3) is 0 Å². The Morgan fingerprint density at radius 3 is 2.26 bits per heavy atom. The lowest BCUT2D eigenvalue weighted by atomic mass is 9.86. The van der Waals surface area contributed by atoms with E-state index >= 15 is 0 Å². The fraction of sp³-hybridized carbons (Fsp3) is 0.533. The lowest BCUT2D eigenvalue weighted by Gasteiger charge is -2.30. The summed E-state index contributed by atoms with van der Waals surface area (Å²) in [5.74, 6) is -0.0126. The maximum absolute atomic E-state index is 12.2. The van der Waals surface area contributed by atoms with Gasteiger partial charge in [0.2, 0.25) is 5.91 Å². The van der Waals surface area contributed by atoms with E-state index < -0.39 is 6.04 Å². The van der Waals surface area contributed by atoms with Crippen molar-refractivity contribution in [2.24, 2.45) is 11.1 Å². The van der Waals surface area contributed by atoms with Crippen molar-refractivity contribution >= 4 is 17.7 Å². The summed E-state index contributed by atoms with van der Waals surface area (Å²) in [5.41, 5.74) is 6.91. The van der Waals surface area contributed by atoms with Crippen LogP contribution in [0.15, 0.2) is 29.2 Å². The molecule has 1 aromatic rings. The van der Waals surface area contributed by atoms with Gasteiger partial charge < -0.3 is 10.6 Å². The molecule has 2 N–H and O–H groups in total. The zero-order chi connectivity index (χ0) is 14.6. The molecular weight excluding hydrogens is 256 g/mol. The van der Waals surface area contributed by atoms with Crippen LogP contribution < -0.4 is 5.73 Å². The Morgan fingerprint density at radius 1 is 1.32 bits per heavy atom. The number of amides is 1. The van der Waals surface area contributed by atoms with E-state index in [1.54, 1.807) is 23.7 Å². The van der Waals surface area contributed by atoms with Gasteiger partial charge in [-0.1, -0.05) is 32.9 Å². The molecule has 0 fully saturated rings. The van der Waals surface area contributed by atoms with E-state index in [0.717, 1.165) is 5.56 Å². The largest absolute Gasteiger partial charge is 0.340 e. The fourth-order valence-corrected chi connectivity index (χ4v) is 2.10. The zero-order valence-electron chi connectivity index (χ0n) is 12.4. The maximum atomic E-state index is 12.2. The molecule has 1 rings (SSSR count). The molecule has 0 heterocycles. The van der Waals surface area contributed by atoms with E-state index in [-0.39, 0.29) is 11.3 Å². The molecule has 0 aliphatic carbocycles. The first-order valence-corrected chi connectivity index (χ1v) is 7.61. The van der Waals surface area contributed by atoms with Crippen LogP contribution in [0.1, 0.15) is 26.3 Å². The fourth-order valence-electron chi connectivity index (χ4n) is 1.69. The quantitative estimate of drug-likeness (QED) is 0.863. The minimum absolute atomic E-state index is 0.0126. The summed E-state index contributed by atoms with van der Waals surface area (Å²) >= 11 is 1.71. The molecule has 3 nitrogen and oxygen atoms in total. The highest BCUT2D eigenvalue weighted by Gasteiger charge is 2.29. The second-order valence-corrected chi connectivity index (χ2v) is 6.77. The Balaban J connectivity index is 2.68. The van der Waals surface area contributed by atoms with Crippen LogP contribution in [-0.2, 0) is 11.3 Å². The predicted octanol–water partition coefficient (Wildman–Crippen LogP) is 2.74. The van der Waals surface area contributed by atoms with Gasteiger partial charge in [-0.15, -0.1) is 11.8 Å². The number of benzene rings is 1. The predicted molar refractivity (Wildman–Crippen MR) is 82.1 cm³/mol. The van der Waals surface area contributed by atoms with E-state index in [9.17, 15) is 4.79 Å². The number of thioether (sulfide) groups is 1. The minimum atomic E-state index is -0.469. The Labute approximate surface area is 120 Å². The second-order valence-electron chi connectivity index (χ2n) is 5.89. The molecule has 0 saturated heterocycles. The number of rotatable bonds is 4. The summed E-state index contributed by atoms with van der Waals surface area (Å²) in [6, 6.07) is 7.78. The highest BCUT2D eigenvalue weighted by atomic mass is 32.2. The molecule has 1 aromatic carbocycles. The highest BCUT2D eigenvalue weighted by molar-refractivity contribution is 7.98. The van der Waals surface area contributed by atoms with Crippen molar-refractivity contribution in [1.29, 1.82) is 0 Å². The SMILES string of the molecule is CSc1ccc(CN(C)C(=O)[C@H](N)C(C)(C)C)cc1. The van der Waals surface area contributed by atoms with Crippen LogP contribution in [0, 0.1) is 5.41 Å². The van der Waals surface area contributed by atoms with Crippen molar-refractivity contribution in [3.63, 3.8) is 0 Å². The summed E-state index contributed by atoms with van der Waals surface area (Å²) in [6.45, 7) is 6.54. The van der Waals surface area contributed by atoms with Gasteiger partial charge >= 0.3 is 0 Å². The van der Waals surface area contributed by atoms with Crippen LogP contribution in [0.4, 0.5) is 0 Å². The number of hydrogen-bond acceptors (Lipinski definition) is 3. The maximum Gasteiger partial charge on any atom is 0.240 e. The van der Waals surface area contributed by atoms with Crippen LogP contribution in [0.3, 0.4) is 0 Å². The lowest BCUT2D eigenvalue weighted by molar-refractivity contribution is -0.134. The van der Waals surface area contributed by atoms with Crippen LogP contribution >= 0.6 is 11.8 Å². The molecule has 0 radical (unpaired) electrons. The molecule has 0 aliphatic rings. The molecule has 0 bridgehead atoms. The molecular formula is C15H24N2OS. The lowest BCUT2D eigenvalue weighted by Crippen LogP contribution is -2.48. The molecule has 0 spiro atoms. The van der Waals surface area contributed by atoms with Crippen molar-refractivity contribution in [2.45, 2.75) is 38.3 Å². The first-order valence-electron chi connectivity index (χ1n) is 6.39. The molecule has 1 atom stereocenters. The number of likely N-dealkylation sites (N-methyl/N-ethyl adjacent to an activating group) is 1. The van der Waals surface area contributed by atoms with Gasteiger partial charge in [0.15, 0.2) is 0 Å². The summed E-state index contributed by atoms with van der Waals surface area (Å²) in [6.07, 6.45) is 2.05. The third-order valence-corrected chi connectivity index (χ3v) is 3.90. The summed E-state index contributed by atoms with van der Waals surface area (Å²) in [5, 5.41) is 0. The first kappa shape index (κ1) is 16.1. The van der Waals surface area contributed by atoms with E-state index in [1.165, 1.54) is 4.90 Å². The number of carbonyl (C=O) groups excluding carboxylic acids is 1. The summed E-state index contributed by atoms with van der Waals surface area (Å²) in [4.78, 5) is 15.1. The summed E-state index contributed by atoms with van der Waals surface area (Å²) in [7, 11) is 1.80. The monoisotopic (exact) mass is 280 g/mol. The normalized spacial score (nSPS) is 13.2. The van der Waals surface area contributed by atoms with Crippen molar-refractivity contribution in [1.82, 2.24) is 4.90 Å². The van der Waals surface area contributed by atoms with E-state index in [0.29, 0.717) is 6.54 Å². The highest BCUT2D eigenvalue weighted by Crippen LogP contribution is 2.20. The number of hydrogen-bond donors (Lipinski definition) is 1. The van der Waals surface area contributed by atoms with E-state index in [4.69, 9.17) is 5.73 Å². The average Bonchev–Trinajstić information content (AvgIpc) is 2.36. The van der Waals surface area contributed by atoms with Crippen molar-refractivity contribution in [3.05, 3.63) is 29.8 Å². The van der Waals surface area contributed by atoms with Crippen LogP contribution in [0.25, 0.3) is 0 Å². The van der Waals surface area contributed by atoms with Gasteiger partial charge in [0, 0.05) is 18.5 Å².